The smallest absolute Gasteiger partial charge is 0.144 e. The molecule has 102 valence electrons. The Morgan fingerprint density at radius 2 is 2.05 bits per heavy atom. The van der Waals surface area contributed by atoms with Gasteiger partial charge in [0.05, 0.1) is 11.2 Å². The lowest BCUT2D eigenvalue weighted by Gasteiger charge is -2.02. The number of pyridine rings is 1. The SMILES string of the molecule is Cc1cccc(-c2nc(CC(C)N)c3ccccn23)c1. The van der Waals surface area contributed by atoms with Crippen LogP contribution in [0.5, 0.6) is 0 Å². The molecule has 0 aliphatic heterocycles. The van der Waals surface area contributed by atoms with Gasteiger partial charge in [0.2, 0.25) is 0 Å². The van der Waals surface area contributed by atoms with Crippen molar-refractivity contribution >= 4 is 5.52 Å². The average molecular weight is 265 g/mol. The Balaban J connectivity index is 2.21. The minimum Gasteiger partial charge on any atom is -0.328 e. The molecule has 3 nitrogen and oxygen atoms in total. The first-order chi connectivity index (χ1) is 9.65. The number of fused-ring (bicyclic) bond motifs is 1. The number of nitrogens with zero attached hydrogens (tertiary/aromatic N) is 2. The summed E-state index contributed by atoms with van der Waals surface area (Å²) in [6, 6.07) is 14.7. The molecule has 0 aliphatic rings. The van der Waals surface area contributed by atoms with Crippen molar-refractivity contribution in [1.82, 2.24) is 9.38 Å². The number of hydrogen-bond donors (Lipinski definition) is 1. The molecule has 1 unspecified atom stereocenters. The van der Waals surface area contributed by atoms with Crippen molar-refractivity contribution in [2.24, 2.45) is 5.73 Å². The van der Waals surface area contributed by atoms with E-state index in [-0.39, 0.29) is 6.04 Å². The summed E-state index contributed by atoms with van der Waals surface area (Å²) in [7, 11) is 0. The van der Waals surface area contributed by atoms with Gasteiger partial charge >= 0.3 is 0 Å². The van der Waals surface area contributed by atoms with Crippen LogP contribution in [0.2, 0.25) is 0 Å². The number of aromatic nitrogens is 2. The summed E-state index contributed by atoms with van der Waals surface area (Å²) in [6.45, 7) is 4.11. The Labute approximate surface area is 119 Å². The zero-order valence-electron chi connectivity index (χ0n) is 11.9. The molecule has 0 aliphatic carbocycles. The van der Waals surface area contributed by atoms with E-state index in [1.54, 1.807) is 0 Å². The average Bonchev–Trinajstić information content (AvgIpc) is 2.77. The van der Waals surface area contributed by atoms with Crippen LogP contribution < -0.4 is 5.73 Å². The molecule has 0 saturated carbocycles. The summed E-state index contributed by atoms with van der Waals surface area (Å²) in [5.74, 6) is 0.986. The largest absolute Gasteiger partial charge is 0.328 e. The van der Waals surface area contributed by atoms with Gasteiger partial charge in [-0.05, 0) is 32.0 Å². The van der Waals surface area contributed by atoms with E-state index in [2.05, 4.69) is 47.9 Å². The molecule has 2 heterocycles. The van der Waals surface area contributed by atoms with Crippen LogP contribution in [0.25, 0.3) is 16.9 Å². The Hall–Kier alpha value is -2.13. The number of rotatable bonds is 3. The van der Waals surface area contributed by atoms with E-state index < -0.39 is 0 Å². The third-order valence-electron chi connectivity index (χ3n) is 3.42. The highest BCUT2D eigenvalue weighted by molar-refractivity contribution is 5.66. The first-order valence-electron chi connectivity index (χ1n) is 6.94. The minimum absolute atomic E-state index is 0.110. The van der Waals surface area contributed by atoms with Crippen LogP contribution in [0.3, 0.4) is 0 Å². The van der Waals surface area contributed by atoms with Crippen molar-refractivity contribution < 1.29 is 0 Å². The van der Waals surface area contributed by atoms with Gasteiger partial charge in [-0.2, -0.15) is 0 Å². The molecule has 1 aromatic carbocycles. The molecule has 0 amide bonds. The molecule has 3 rings (SSSR count). The molecule has 0 fully saturated rings. The van der Waals surface area contributed by atoms with Crippen molar-refractivity contribution in [3.05, 3.63) is 59.9 Å². The summed E-state index contributed by atoms with van der Waals surface area (Å²) in [6.07, 6.45) is 2.85. The number of imidazole rings is 1. The molecular formula is C17H19N3. The van der Waals surface area contributed by atoms with E-state index in [0.29, 0.717) is 0 Å². The summed E-state index contributed by atoms with van der Waals surface area (Å²) in [5, 5.41) is 0. The molecule has 0 saturated heterocycles. The first kappa shape index (κ1) is 12.9. The second-order valence-corrected chi connectivity index (χ2v) is 5.39. The summed E-state index contributed by atoms with van der Waals surface area (Å²) >= 11 is 0. The zero-order chi connectivity index (χ0) is 14.1. The predicted molar refractivity (Wildman–Crippen MR) is 82.7 cm³/mol. The molecule has 0 spiro atoms. The second kappa shape index (κ2) is 5.10. The maximum atomic E-state index is 5.94. The zero-order valence-corrected chi connectivity index (χ0v) is 11.9. The van der Waals surface area contributed by atoms with Crippen LogP contribution >= 0.6 is 0 Å². The Kier molecular flexibility index (Phi) is 3.28. The van der Waals surface area contributed by atoms with Gasteiger partial charge in [-0.15, -0.1) is 0 Å². The van der Waals surface area contributed by atoms with Crippen molar-refractivity contribution in [1.29, 1.82) is 0 Å². The fraction of sp³-hybridized carbons (Fsp3) is 0.235. The molecule has 2 aromatic heterocycles. The molecular weight excluding hydrogens is 246 g/mol. The fourth-order valence-electron chi connectivity index (χ4n) is 2.54. The van der Waals surface area contributed by atoms with Crippen molar-refractivity contribution in [2.75, 3.05) is 0 Å². The van der Waals surface area contributed by atoms with Gasteiger partial charge in [0, 0.05) is 24.2 Å². The lowest BCUT2D eigenvalue weighted by Crippen LogP contribution is -2.18. The van der Waals surface area contributed by atoms with Gasteiger partial charge < -0.3 is 5.73 Å². The van der Waals surface area contributed by atoms with E-state index in [9.17, 15) is 0 Å². The lowest BCUT2D eigenvalue weighted by molar-refractivity contribution is 0.729. The van der Waals surface area contributed by atoms with Crippen LogP contribution in [0.1, 0.15) is 18.2 Å². The van der Waals surface area contributed by atoms with Gasteiger partial charge in [0.25, 0.3) is 0 Å². The molecule has 1 atom stereocenters. The van der Waals surface area contributed by atoms with Gasteiger partial charge in [-0.3, -0.25) is 4.40 Å². The van der Waals surface area contributed by atoms with Crippen molar-refractivity contribution in [2.45, 2.75) is 26.3 Å². The van der Waals surface area contributed by atoms with Gasteiger partial charge in [-0.1, -0.05) is 29.8 Å². The topological polar surface area (TPSA) is 43.3 Å². The van der Waals surface area contributed by atoms with Gasteiger partial charge in [0.15, 0.2) is 0 Å². The van der Waals surface area contributed by atoms with Crippen LogP contribution in [-0.2, 0) is 6.42 Å². The molecule has 3 aromatic rings. The maximum Gasteiger partial charge on any atom is 0.144 e. The molecule has 0 radical (unpaired) electrons. The van der Waals surface area contributed by atoms with Crippen LogP contribution in [0.15, 0.2) is 48.7 Å². The monoisotopic (exact) mass is 265 g/mol. The third-order valence-corrected chi connectivity index (χ3v) is 3.42. The normalized spacial score (nSPS) is 12.8. The minimum atomic E-state index is 0.110. The number of benzene rings is 1. The highest BCUT2D eigenvalue weighted by Crippen LogP contribution is 2.24. The highest BCUT2D eigenvalue weighted by Gasteiger charge is 2.13. The molecule has 0 bridgehead atoms. The van der Waals surface area contributed by atoms with Crippen LogP contribution in [0, 0.1) is 6.92 Å². The fourth-order valence-corrected chi connectivity index (χ4v) is 2.54. The van der Waals surface area contributed by atoms with Gasteiger partial charge in [-0.25, -0.2) is 4.98 Å². The number of hydrogen-bond acceptors (Lipinski definition) is 2. The van der Waals surface area contributed by atoms with Crippen LogP contribution in [-0.4, -0.2) is 15.4 Å². The second-order valence-electron chi connectivity index (χ2n) is 5.39. The summed E-state index contributed by atoms with van der Waals surface area (Å²) in [5.41, 5.74) is 10.5. The molecule has 3 heteroatoms. The quantitative estimate of drug-likeness (QED) is 0.790. The summed E-state index contributed by atoms with van der Waals surface area (Å²) < 4.78 is 2.15. The van der Waals surface area contributed by atoms with E-state index in [0.717, 1.165) is 29.0 Å². The Morgan fingerprint density at radius 1 is 1.20 bits per heavy atom. The maximum absolute atomic E-state index is 5.94. The van der Waals surface area contributed by atoms with E-state index in [1.165, 1.54) is 5.56 Å². The van der Waals surface area contributed by atoms with Crippen molar-refractivity contribution in [3.63, 3.8) is 0 Å². The molecule has 20 heavy (non-hydrogen) atoms. The van der Waals surface area contributed by atoms with Crippen LogP contribution in [0.4, 0.5) is 0 Å². The first-order valence-corrected chi connectivity index (χ1v) is 6.94. The summed E-state index contributed by atoms with van der Waals surface area (Å²) in [4.78, 5) is 4.82. The third kappa shape index (κ3) is 2.32. The van der Waals surface area contributed by atoms with E-state index >= 15 is 0 Å². The number of aryl methyl sites for hydroxylation is 1. The predicted octanol–water partition coefficient (Wildman–Crippen LogP) is 3.20. The lowest BCUT2D eigenvalue weighted by atomic mass is 10.1. The Morgan fingerprint density at radius 3 is 2.80 bits per heavy atom. The molecule has 2 N–H and O–H groups in total. The van der Waals surface area contributed by atoms with Gasteiger partial charge in [0.1, 0.15) is 5.82 Å². The standard InChI is InChI=1S/C17H19N3/c1-12-6-5-7-14(10-12)17-19-15(11-13(2)18)16-8-3-4-9-20(16)17/h3-10,13H,11,18H2,1-2H3. The number of nitrogens with two attached hydrogens (primary N) is 1. The Bertz CT molecular complexity index is 741. The van der Waals surface area contributed by atoms with Crippen molar-refractivity contribution in [3.8, 4) is 11.4 Å². The van der Waals surface area contributed by atoms with E-state index in [1.807, 2.05) is 19.1 Å². The highest BCUT2D eigenvalue weighted by atomic mass is 15.0. The van der Waals surface area contributed by atoms with E-state index in [4.69, 9.17) is 10.7 Å².